The van der Waals surface area contributed by atoms with Gasteiger partial charge < -0.3 is 0 Å². The zero-order valence-corrected chi connectivity index (χ0v) is 4.08. The molecule has 0 amide bonds. The van der Waals surface area contributed by atoms with Crippen LogP contribution in [-0.2, 0) is 11.3 Å². The van der Waals surface area contributed by atoms with Gasteiger partial charge in [-0.15, -0.1) is 0 Å². The van der Waals surface area contributed by atoms with Crippen LogP contribution in [0.4, 0.5) is 0 Å². The average molecular weight is 110 g/mol. The summed E-state index contributed by atoms with van der Waals surface area (Å²) >= 11 is -1.93. The van der Waals surface area contributed by atoms with Crippen LogP contribution in [0.2, 0.25) is 0 Å². The maximum absolute atomic E-state index is 9.54. The number of hydrogen-bond acceptors (Lipinski definition) is 2. The van der Waals surface area contributed by atoms with Crippen LogP contribution in [-0.4, -0.2) is 15.8 Å². The molecule has 0 fully saturated rings. The van der Waals surface area contributed by atoms with Crippen molar-refractivity contribution in [2.75, 3.05) is 7.05 Å². The van der Waals surface area contributed by atoms with Gasteiger partial charge in [-0.3, -0.25) is 4.55 Å². The molecule has 0 aliphatic carbocycles. The molecule has 0 aliphatic rings. The fraction of sp³-hybridized carbons (Fsp3) is 1.00. The molecule has 1 atom stereocenters. The molecule has 0 rings (SSSR count). The molecule has 0 aromatic heterocycles. The van der Waals surface area contributed by atoms with Crippen LogP contribution in [0.3, 0.4) is 0 Å². The highest BCUT2D eigenvalue weighted by atomic mass is 32.2. The van der Waals surface area contributed by atoms with Crippen molar-refractivity contribution in [3.05, 3.63) is 0 Å². The Hall–Kier alpha value is 0.0300. The van der Waals surface area contributed by atoms with Gasteiger partial charge >= 0.3 is 0 Å². The molecule has 4 nitrogen and oxygen atoms in total. The number of rotatable bonds is 2. The van der Waals surface area contributed by atoms with E-state index in [9.17, 15) is 4.21 Å². The summed E-state index contributed by atoms with van der Waals surface area (Å²) in [6, 6.07) is 0. The molecule has 6 heavy (non-hydrogen) atoms. The van der Waals surface area contributed by atoms with Gasteiger partial charge in [0.05, 0.1) is 0 Å². The summed E-state index contributed by atoms with van der Waals surface area (Å²) < 4.78 is 17.4. The number of hydrazine groups is 1. The predicted octanol–water partition coefficient (Wildman–Crippen LogP) is -1.15. The Labute approximate surface area is 38.3 Å². The molecule has 0 radical (unpaired) electrons. The summed E-state index contributed by atoms with van der Waals surface area (Å²) in [6.45, 7) is 0. The van der Waals surface area contributed by atoms with E-state index in [0.717, 1.165) is 0 Å². The number of nitrogens with one attached hydrogen (secondary N) is 2. The minimum absolute atomic E-state index is 1.51. The van der Waals surface area contributed by atoms with Crippen molar-refractivity contribution in [2.45, 2.75) is 0 Å². The third-order valence-corrected chi connectivity index (χ3v) is 0.568. The summed E-state index contributed by atoms with van der Waals surface area (Å²) in [5.74, 6) is 0. The van der Waals surface area contributed by atoms with Gasteiger partial charge in [0, 0.05) is 0 Å². The summed E-state index contributed by atoms with van der Waals surface area (Å²) in [5, 5.41) is 0. The molecular formula is CH6N2O2S. The fourth-order valence-electron chi connectivity index (χ4n) is 0.0873. The molecule has 0 aromatic rings. The number of hydrogen-bond donors (Lipinski definition) is 3. The third kappa shape index (κ3) is 4.03. The van der Waals surface area contributed by atoms with E-state index in [2.05, 4.69) is 5.43 Å². The first-order valence-electron chi connectivity index (χ1n) is 1.30. The van der Waals surface area contributed by atoms with Gasteiger partial charge in [0.1, 0.15) is 0 Å². The van der Waals surface area contributed by atoms with Gasteiger partial charge in [0.15, 0.2) is 0 Å². The van der Waals surface area contributed by atoms with E-state index in [0.29, 0.717) is 0 Å². The van der Waals surface area contributed by atoms with Crippen molar-refractivity contribution in [2.24, 2.45) is 0 Å². The fourth-order valence-corrected chi connectivity index (χ4v) is 0.262. The van der Waals surface area contributed by atoms with Crippen LogP contribution >= 0.6 is 0 Å². The van der Waals surface area contributed by atoms with Crippen molar-refractivity contribution >= 4 is 11.3 Å². The van der Waals surface area contributed by atoms with Crippen LogP contribution in [0, 0.1) is 0 Å². The Bertz CT molecular complexity index is 55.5. The van der Waals surface area contributed by atoms with E-state index in [4.69, 9.17) is 4.55 Å². The summed E-state index contributed by atoms with van der Waals surface area (Å²) in [4.78, 5) is 1.99. The SMILES string of the molecule is CNNS(=O)O. The second-order valence-electron chi connectivity index (χ2n) is 0.601. The van der Waals surface area contributed by atoms with E-state index >= 15 is 0 Å². The molecule has 1 unspecified atom stereocenters. The zero-order valence-electron chi connectivity index (χ0n) is 3.26. The van der Waals surface area contributed by atoms with E-state index in [1.54, 1.807) is 0 Å². The molecule has 3 N–H and O–H groups in total. The zero-order chi connectivity index (χ0) is 4.99. The van der Waals surface area contributed by atoms with Gasteiger partial charge in [-0.05, 0) is 7.05 Å². The summed E-state index contributed by atoms with van der Waals surface area (Å²) in [7, 11) is 1.51. The largest absolute Gasteiger partial charge is 0.293 e. The molecule has 0 bridgehead atoms. The van der Waals surface area contributed by atoms with Crippen molar-refractivity contribution in [1.29, 1.82) is 0 Å². The minimum Gasteiger partial charge on any atom is -0.293 e. The van der Waals surface area contributed by atoms with Crippen LogP contribution < -0.4 is 10.3 Å². The second kappa shape index (κ2) is 3.23. The quantitative estimate of drug-likeness (QED) is 0.310. The molecule has 0 heterocycles. The van der Waals surface area contributed by atoms with Crippen LogP contribution in [0.1, 0.15) is 0 Å². The Morgan fingerprint density at radius 2 is 2.33 bits per heavy atom. The standard InChI is InChI=1S/CH6N2O2S/c1-2-3-6(4)5/h2-3H,1H3,(H,4,5). The highest BCUT2D eigenvalue weighted by Crippen LogP contribution is 1.48. The van der Waals surface area contributed by atoms with Gasteiger partial charge in [-0.1, -0.05) is 0 Å². The van der Waals surface area contributed by atoms with Gasteiger partial charge in [-0.2, -0.15) is 4.83 Å². The van der Waals surface area contributed by atoms with E-state index in [1.165, 1.54) is 7.05 Å². The summed E-state index contributed by atoms with van der Waals surface area (Å²) in [6.07, 6.45) is 0. The average Bonchev–Trinajstić information content (AvgIpc) is 1.35. The van der Waals surface area contributed by atoms with Crippen LogP contribution in [0.15, 0.2) is 0 Å². The molecule has 0 saturated carbocycles. The first kappa shape index (κ1) is 6.03. The Kier molecular flexibility index (Phi) is 3.24. The Morgan fingerprint density at radius 1 is 1.83 bits per heavy atom. The van der Waals surface area contributed by atoms with Crippen molar-refractivity contribution in [3.8, 4) is 0 Å². The second-order valence-corrected chi connectivity index (χ2v) is 1.30. The molecule has 0 aliphatic heterocycles. The van der Waals surface area contributed by atoms with Crippen LogP contribution in [0.25, 0.3) is 0 Å². The molecule has 38 valence electrons. The normalized spacial score (nSPS) is 14.3. The molecule has 0 aromatic carbocycles. The monoisotopic (exact) mass is 110 g/mol. The maximum Gasteiger partial charge on any atom is 0.245 e. The van der Waals surface area contributed by atoms with E-state index in [1.807, 2.05) is 4.83 Å². The smallest absolute Gasteiger partial charge is 0.245 e. The van der Waals surface area contributed by atoms with Gasteiger partial charge in [-0.25, -0.2) is 9.63 Å². The lowest BCUT2D eigenvalue weighted by Crippen LogP contribution is -2.28. The molecule has 0 saturated heterocycles. The van der Waals surface area contributed by atoms with Crippen LogP contribution in [0.5, 0.6) is 0 Å². The van der Waals surface area contributed by atoms with Gasteiger partial charge in [0.25, 0.3) is 0 Å². The lowest BCUT2D eigenvalue weighted by atomic mass is 11.5. The maximum atomic E-state index is 9.54. The third-order valence-electron chi connectivity index (χ3n) is 0.189. The highest BCUT2D eigenvalue weighted by Gasteiger charge is 1.78. The Balaban J connectivity index is 2.83. The van der Waals surface area contributed by atoms with Gasteiger partial charge in [0.2, 0.25) is 11.3 Å². The molecular weight excluding hydrogens is 104 g/mol. The lowest BCUT2D eigenvalue weighted by Gasteiger charge is -1.88. The molecule has 0 spiro atoms. The van der Waals surface area contributed by atoms with E-state index in [-0.39, 0.29) is 0 Å². The van der Waals surface area contributed by atoms with Crippen molar-refractivity contribution in [3.63, 3.8) is 0 Å². The van der Waals surface area contributed by atoms with Crippen molar-refractivity contribution in [1.82, 2.24) is 10.3 Å². The first-order valence-corrected chi connectivity index (χ1v) is 2.41. The Morgan fingerprint density at radius 3 is 2.33 bits per heavy atom. The molecule has 5 heteroatoms. The summed E-state index contributed by atoms with van der Waals surface area (Å²) in [5.41, 5.74) is 2.27. The minimum atomic E-state index is -1.93. The first-order chi connectivity index (χ1) is 2.77. The predicted molar refractivity (Wildman–Crippen MR) is 23.0 cm³/mol. The van der Waals surface area contributed by atoms with E-state index < -0.39 is 11.3 Å². The highest BCUT2D eigenvalue weighted by molar-refractivity contribution is 7.77. The lowest BCUT2D eigenvalue weighted by molar-refractivity contribution is 0.538. The van der Waals surface area contributed by atoms with Crippen molar-refractivity contribution < 1.29 is 8.76 Å². The topological polar surface area (TPSA) is 61.4 Å².